The van der Waals surface area contributed by atoms with Crippen molar-refractivity contribution in [2.45, 2.75) is 40.3 Å². The van der Waals surface area contributed by atoms with Crippen molar-refractivity contribution in [2.24, 2.45) is 4.99 Å². The van der Waals surface area contributed by atoms with E-state index in [-0.39, 0.29) is 6.04 Å². The van der Waals surface area contributed by atoms with Crippen LogP contribution in [0.25, 0.3) is 0 Å². The van der Waals surface area contributed by atoms with Gasteiger partial charge in [-0.05, 0) is 51.0 Å². The molecule has 0 atom stereocenters. The van der Waals surface area contributed by atoms with E-state index in [0.717, 1.165) is 16.8 Å². The Labute approximate surface area is 137 Å². The minimum absolute atomic E-state index is 0.0372. The van der Waals surface area contributed by atoms with Crippen LogP contribution in [0.2, 0.25) is 0 Å². The summed E-state index contributed by atoms with van der Waals surface area (Å²) in [5.74, 6) is 0.807. The largest absolute Gasteiger partial charge is 0.472 e. The number of nitrogens with one attached hydrogen (secondary N) is 1. The standard InChI is InChI=1S/C18H23N3O2/c1-12(2)19-17(21-22)16-10-9-14(4)20-18(16)23-11-15-8-6-5-7-13(15)3/h5-10,12,22H,11H2,1-4H3,(H,19,21). The number of hydrogen-bond acceptors (Lipinski definition) is 4. The molecule has 0 aliphatic rings. The molecule has 1 aromatic carbocycles. The van der Waals surface area contributed by atoms with Crippen molar-refractivity contribution in [3.63, 3.8) is 0 Å². The number of hydroxylamine groups is 1. The third kappa shape index (κ3) is 4.53. The Morgan fingerprint density at radius 2 is 1.96 bits per heavy atom. The van der Waals surface area contributed by atoms with Crippen LogP contribution in [0.15, 0.2) is 41.4 Å². The van der Waals surface area contributed by atoms with E-state index in [1.165, 1.54) is 0 Å². The summed E-state index contributed by atoms with van der Waals surface area (Å²) in [6, 6.07) is 11.8. The second kappa shape index (κ2) is 7.74. The first-order valence-corrected chi connectivity index (χ1v) is 7.64. The SMILES string of the molecule is Cc1ccc(C(=NC(C)C)NO)c(OCc2ccccc2C)n1. The second-order valence-electron chi connectivity index (χ2n) is 5.70. The van der Waals surface area contributed by atoms with E-state index < -0.39 is 0 Å². The maximum atomic E-state index is 9.39. The molecule has 5 heteroatoms. The summed E-state index contributed by atoms with van der Waals surface area (Å²) in [6.07, 6.45) is 0. The first-order chi connectivity index (χ1) is 11.0. The number of aryl methyl sites for hydroxylation is 2. The average molecular weight is 313 g/mol. The molecule has 0 saturated heterocycles. The second-order valence-corrected chi connectivity index (χ2v) is 5.70. The number of pyridine rings is 1. The minimum atomic E-state index is 0.0372. The molecule has 0 saturated carbocycles. The molecule has 0 spiro atoms. The molecule has 5 nitrogen and oxygen atoms in total. The van der Waals surface area contributed by atoms with Crippen molar-refractivity contribution in [1.82, 2.24) is 10.5 Å². The highest BCUT2D eigenvalue weighted by atomic mass is 16.5. The van der Waals surface area contributed by atoms with Crippen LogP contribution >= 0.6 is 0 Å². The molecular formula is C18H23N3O2. The van der Waals surface area contributed by atoms with E-state index >= 15 is 0 Å². The molecule has 0 radical (unpaired) electrons. The summed E-state index contributed by atoms with van der Waals surface area (Å²) in [5, 5.41) is 9.39. The summed E-state index contributed by atoms with van der Waals surface area (Å²) in [5.41, 5.74) is 5.89. The predicted octanol–water partition coefficient (Wildman–Crippen LogP) is 3.41. The molecular weight excluding hydrogens is 290 g/mol. The van der Waals surface area contributed by atoms with Gasteiger partial charge in [0.05, 0.1) is 5.56 Å². The number of aromatic nitrogens is 1. The van der Waals surface area contributed by atoms with E-state index in [1.54, 1.807) is 0 Å². The fourth-order valence-electron chi connectivity index (χ4n) is 2.16. The van der Waals surface area contributed by atoms with Gasteiger partial charge in [-0.1, -0.05) is 24.3 Å². The zero-order valence-corrected chi connectivity index (χ0v) is 14.0. The van der Waals surface area contributed by atoms with E-state index in [4.69, 9.17) is 4.74 Å². The lowest BCUT2D eigenvalue weighted by atomic mass is 10.1. The first kappa shape index (κ1) is 17.0. The van der Waals surface area contributed by atoms with Crippen LogP contribution in [0.1, 0.15) is 36.2 Å². The summed E-state index contributed by atoms with van der Waals surface area (Å²) in [7, 11) is 0. The number of amidine groups is 1. The number of aliphatic imine (C=N–C) groups is 1. The fraction of sp³-hybridized carbons (Fsp3) is 0.333. The lowest BCUT2D eigenvalue weighted by Crippen LogP contribution is -2.23. The van der Waals surface area contributed by atoms with Crippen molar-refractivity contribution >= 4 is 5.84 Å². The predicted molar refractivity (Wildman–Crippen MR) is 91.1 cm³/mol. The van der Waals surface area contributed by atoms with E-state index in [2.05, 4.69) is 15.5 Å². The monoisotopic (exact) mass is 313 g/mol. The lowest BCUT2D eigenvalue weighted by Gasteiger charge is -2.14. The topological polar surface area (TPSA) is 66.7 Å². The van der Waals surface area contributed by atoms with Gasteiger partial charge in [-0.25, -0.2) is 4.98 Å². The summed E-state index contributed by atoms with van der Waals surface area (Å²) in [4.78, 5) is 8.80. The third-order valence-electron chi connectivity index (χ3n) is 3.37. The Kier molecular flexibility index (Phi) is 5.71. The Hall–Kier alpha value is -2.40. The van der Waals surface area contributed by atoms with Crippen LogP contribution in [0, 0.1) is 13.8 Å². The normalized spacial score (nSPS) is 11.7. The Morgan fingerprint density at radius 3 is 2.61 bits per heavy atom. The molecule has 2 N–H and O–H groups in total. The van der Waals surface area contributed by atoms with Gasteiger partial charge in [0.1, 0.15) is 6.61 Å². The van der Waals surface area contributed by atoms with Gasteiger partial charge in [0, 0.05) is 11.7 Å². The molecule has 0 aliphatic heterocycles. The smallest absolute Gasteiger partial charge is 0.225 e. The zero-order valence-electron chi connectivity index (χ0n) is 14.0. The van der Waals surface area contributed by atoms with Crippen molar-refractivity contribution < 1.29 is 9.94 Å². The molecule has 122 valence electrons. The molecule has 0 aliphatic carbocycles. The van der Waals surface area contributed by atoms with E-state index in [9.17, 15) is 5.21 Å². The molecule has 1 heterocycles. The van der Waals surface area contributed by atoms with Crippen molar-refractivity contribution in [1.29, 1.82) is 0 Å². The Morgan fingerprint density at radius 1 is 1.22 bits per heavy atom. The first-order valence-electron chi connectivity index (χ1n) is 7.64. The summed E-state index contributed by atoms with van der Waals surface area (Å²) >= 11 is 0. The highest BCUT2D eigenvalue weighted by molar-refractivity contribution is 6.00. The van der Waals surface area contributed by atoms with Crippen LogP contribution < -0.4 is 10.2 Å². The van der Waals surface area contributed by atoms with Crippen LogP contribution in [-0.4, -0.2) is 22.1 Å². The van der Waals surface area contributed by atoms with Crippen LogP contribution in [-0.2, 0) is 6.61 Å². The molecule has 2 aromatic rings. The Balaban J connectivity index is 2.30. The van der Waals surface area contributed by atoms with Gasteiger partial charge >= 0.3 is 0 Å². The highest BCUT2D eigenvalue weighted by Crippen LogP contribution is 2.19. The third-order valence-corrected chi connectivity index (χ3v) is 3.37. The Bertz CT molecular complexity index is 696. The van der Waals surface area contributed by atoms with Crippen LogP contribution in [0.4, 0.5) is 0 Å². The van der Waals surface area contributed by atoms with Gasteiger partial charge in [0.2, 0.25) is 5.88 Å². The van der Waals surface area contributed by atoms with Crippen molar-refractivity contribution in [2.75, 3.05) is 0 Å². The number of benzene rings is 1. The van der Waals surface area contributed by atoms with Gasteiger partial charge in [-0.3, -0.25) is 15.7 Å². The number of hydrogen-bond donors (Lipinski definition) is 2. The maximum Gasteiger partial charge on any atom is 0.225 e. The van der Waals surface area contributed by atoms with Crippen molar-refractivity contribution in [3.05, 3.63) is 58.8 Å². The fourth-order valence-corrected chi connectivity index (χ4v) is 2.16. The van der Waals surface area contributed by atoms with Gasteiger partial charge in [-0.15, -0.1) is 0 Å². The molecule has 0 fully saturated rings. The molecule has 23 heavy (non-hydrogen) atoms. The van der Waals surface area contributed by atoms with Gasteiger partial charge < -0.3 is 4.74 Å². The van der Waals surface area contributed by atoms with Crippen LogP contribution in [0.3, 0.4) is 0 Å². The van der Waals surface area contributed by atoms with Gasteiger partial charge in [0.15, 0.2) is 5.84 Å². The van der Waals surface area contributed by atoms with Crippen molar-refractivity contribution in [3.8, 4) is 5.88 Å². The quantitative estimate of drug-likeness (QED) is 0.504. The van der Waals surface area contributed by atoms with Crippen LogP contribution in [0.5, 0.6) is 5.88 Å². The summed E-state index contributed by atoms with van der Waals surface area (Å²) in [6.45, 7) is 8.23. The molecule has 1 aromatic heterocycles. The minimum Gasteiger partial charge on any atom is -0.472 e. The number of rotatable bonds is 5. The molecule has 0 amide bonds. The highest BCUT2D eigenvalue weighted by Gasteiger charge is 2.13. The number of ether oxygens (including phenoxy) is 1. The number of nitrogens with zero attached hydrogens (tertiary/aromatic N) is 2. The zero-order chi connectivity index (χ0) is 16.8. The van der Waals surface area contributed by atoms with Gasteiger partial charge in [-0.2, -0.15) is 0 Å². The molecule has 0 unspecified atom stereocenters. The summed E-state index contributed by atoms with van der Waals surface area (Å²) < 4.78 is 5.91. The van der Waals surface area contributed by atoms with E-state index in [0.29, 0.717) is 23.9 Å². The van der Waals surface area contributed by atoms with Gasteiger partial charge in [0.25, 0.3) is 0 Å². The average Bonchev–Trinajstić information content (AvgIpc) is 2.52. The maximum absolute atomic E-state index is 9.39. The molecule has 2 rings (SSSR count). The molecule has 0 bridgehead atoms. The van der Waals surface area contributed by atoms with E-state index in [1.807, 2.05) is 64.1 Å². The lowest BCUT2D eigenvalue weighted by molar-refractivity contribution is 0.233.